The van der Waals surface area contributed by atoms with Crippen molar-refractivity contribution in [2.75, 3.05) is 37.4 Å². The normalized spacial score (nSPS) is 22.8. The molecule has 1 unspecified atom stereocenters. The van der Waals surface area contributed by atoms with Crippen molar-refractivity contribution in [2.24, 2.45) is 5.92 Å². The van der Waals surface area contributed by atoms with Crippen molar-refractivity contribution in [3.8, 4) is 0 Å². The first-order chi connectivity index (χ1) is 9.65. The van der Waals surface area contributed by atoms with Crippen molar-refractivity contribution in [3.63, 3.8) is 0 Å². The number of ether oxygens (including phenoxy) is 1. The van der Waals surface area contributed by atoms with Crippen LogP contribution in [-0.4, -0.2) is 36.8 Å². The van der Waals surface area contributed by atoms with Crippen LogP contribution in [0.1, 0.15) is 43.0 Å². The zero-order valence-corrected chi connectivity index (χ0v) is 12.4. The molecule has 5 heteroatoms. The summed E-state index contributed by atoms with van der Waals surface area (Å²) in [6.07, 6.45) is 4.79. The lowest BCUT2D eigenvalue weighted by molar-refractivity contribution is 0.0576. The molecule has 20 heavy (non-hydrogen) atoms. The molecule has 0 bridgehead atoms. The zero-order chi connectivity index (χ0) is 14.1. The van der Waals surface area contributed by atoms with Gasteiger partial charge in [-0.25, -0.2) is 9.97 Å². The molecule has 2 heterocycles. The second-order valence-electron chi connectivity index (χ2n) is 6.15. The predicted octanol–water partition coefficient (Wildman–Crippen LogP) is 2.11. The van der Waals surface area contributed by atoms with Crippen molar-refractivity contribution in [1.82, 2.24) is 9.97 Å². The van der Waals surface area contributed by atoms with Gasteiger partial charge in [0, 0.05) is 31.7 Å². The van der Waals surface area contributed by atoms with E-state index in [2.05, 4.69) is 16.9 Å². The lowest BCUT2D eigenvalue weighted by Crippen LogP contribution is -2.32. The molecule has 1 saturated carbocycles. The van der Waals surface area contributed by atoms with Gasteiger partial charge in [0.05, 0.1) is 6.61 Å². The first-order valence-corrected chi connectivity index (χ1v) is 7.58. The highest BCUT2D eigenvalue weighted by Gasteiger charge is 2.28. The average Bonchev–Trinajstić information content (AvgIpc) is 3.27. The van der Waals surface area contributed by atoms with Crippen LogP contribution in [0.15, 0.2) is 0 Å². The highest BCUT2D eigenvalue weighted by atomic mass is 16.5. The summed E-state index contributed by atoms with van der Waals surface area (Å²) in [6.45, 7) is 4.75. The predicted molar refractivity (Wildman–Crippen MR) is 80.0 cm³/mol. The number of nitrogen functional groups attached to an aromatic ring is 1. The van der Waals surface area contributed by atoms with E-state index in [0.717, 1.165) is 43.4 Å². The van der Waals surface area contributed by atoms with Crippen molar-refractivity contribution in [2.45, 2.75) is 38.5 Å². The Balaban J connectivity index is 1.76. The maximum atomic E-state index is 6.06. The summed E-state index contributed by atoms with van der Waals surface area (Å²) >= 11 is 0. The summed E-state index contributed by atoms with van der Waals surface area (Å²) in [5, 5.41) is 0. The molecule has 3 rings (SSSR count). The van der Waals surface area contributed by atoms with Crippen LogP contribution in [0.3, 0.4) is 0 Å². The van der Waals surface area contributed by atoms with E-state index in [1.54, 1.807) is 0 Å². The van der Waals surface area contributed by atoms with Gasteiger partial charge in [-0.2, -0.15) is 0 Å². The smallest absolute Gasteiger partial charge is 0.137 e. The molecular weight excluding hydrogens is 252 g/mol. The maximum Gasteiger partial charge on any atom is 0.137 e. The Morgan fingerprint density at radius 1 is 1.30 bits per heavy atom. The fourth-order valence-electron chi connectivity index (χ4n) is 2.86. The molecule has 0 amide bonds. The number of hydrogen-bond donors (Lipinski definition) is 1. The molecule has 0 aromatic carbocycles. The molecule has 0 radical (unpaired) electrons. The van der Waals surface area contributed by atoms with Crippen LogP contribution < -0.4 is 10.6 Å². The molecular formula is C15H24N4O. The Labute approximate surface area is 120 Å². The lowest BCUT2D eigenvalue weighted by Gasteiger charge is -2.29. The van der Waals surface area contributed by atoms with Crippen LogP contribution >= 0.6 is 0 Å². The molecule has 2 N–H and O–H groups in total. The molecule has 1 saturated heterocycles. The average molecular weight is 276 g/mol. The molecule has 2 aliphatic rings. The first kappa shape index (κ1) is 13.6. The van der Waals surface area contributed by atoms with E-state index in [9.17, 15) is 0 Å². The van der Waals surface area contributed by atoms with Crippen molar-refractivity contribution in [3.05, 3.63) is 11.4 Å². The van der Waals surface area contributed by atoms with E-state index in [1.807, 2.05) is 6.92 Å². The summed E-state index contributed by atoms with van der Waals surface area (Å²) in [7, 11) is 2.10. The van der Waals surface area contributed by atoms with Gasteiger partial charge in [-0.3, -0.25) is 0 Å². The molecule has 1 atom stereocenters. The first-order valence-electron chi connectivity index (χ1n) is 7.58. The molecule has 1 aromatic heterocycles. The maximum absolute atomic E-state index is 6.06. The monoisotopic (exact) mass is 276 g/mol. The zero-order valence-electron chi connectivity index (χ0n) is 12.4. The highest BCUT2D eigenvalue weighted by molar-refractivity contribution is 5.56. The Hall–Kier alpha value is -1.36. The summed E-state index contributed by atoms with van der Waals surface area (Å²) < 4.78 is 5.56. The number of aromatic nitrogens is 2. The number of rotatable bonds is 4. The largest absolute Gasteiger partial charge is 0.383 e. The molecule has 1 aliphatic heterocycles. The second-order valence-corrected chi connectivity index (χ2v) is 6.15. The van der Waals surface area contributed by atoms with Gasteiger partial charge < -0.3 is 15.4 Å². The van der Waals surface area contributed by atoms with Gasteiger partial charge in [-0.1, -0.05) is 0 Å². The molecule has 0 spiro atoms. The molecule has 110 valence electrons. The van der Waals surface area contributed by atoms with E-state index in [-0.39, 0.29) is 0 Å². The minimum absolute atomic E-state index is 0.531. The molecule has 1 aliphatic carbocycles. The molecule has 5 nitrogen and oxygen atoms in total. The Kier molecular flexibility index (Phi) is 3.78. The van der Waals surface area contributed by atoms with E-state index >= 15 is 0 Å². The van der Waals surface area contributed by atoms with Crippen LogP contribution in [0, 0.1) is 12.8 Å². The third-order valence-electron chi connectivity index (χ3n) is 4.27. The van der Waals surface area contributed by atoms with Crippen LogP contribution in [0.4, 0.5) is 11.6 Å². The summed E-state index contributed by atoms with van der Waals surface area (Å²) in [4.78, 5) is 11.4. The SMILES string of the molecule is Cc1c(N)nc(C2CC2)nc1N(C)CC1CCCOC1. The van der Waals surface area contributed by atoms with Crippen molar-refractivity contribution < 1.29 is 4.74 Å². The van der Waals surface area contributed by atoms with E-state index < -0.39 is 0 Å². The molecule has 1 aromatic rings. The van der Waals surface area contributed by atoms with E-state index in [0.29, 0.717) is 17.7 Å². The van der Waals surface area contributed by atoms with Crippen molar-refractivity contribution >= 4 is 11.6 Å². The van der Waals surface area contributed by atoms with Gasteiger partial charge in [-0.05, 0) is 38.5 Å². The number of anilines is 2. The Morgan fingerprint density at radius 3 is 2.75 bits per heavy atom. The van der Waals surface area contributed by atoms with Gasteiger partial charge in [0.15, 0.2) is 0 Å². The summed E-state index contributed by atoms with van der Waals surface area (Å²) in [5.74, 6) is 3.67. The minimum Gasteiger partial charge on any atom is -0.383 e. The van der Waals surface area contributed by atoms with Gasteiger partial charge in [-0.15, -0.1) is 0 Å². The lowest BCUT2D eigenvalue weighted by atomic mass is 10.0. The Bertz CT molecular complexity index is 481. The number of nitrogens with two attached hydrogens (primary N) is 1. The summed E-state index contributed by atoms with van der Waals surface area (Å²) in [6, 6.07) is 0. The van der Waals surface area contributed by atoms with E-state index in [1.165, 1.54) is 19.3 Å². The highest BCUT2D eigenvalue weighted by Crippen LogP contribution is 2.39. The fourth-order valence-corrected chi connectivity index (χ4v) is 2.86. The van der Waals surface area contributed by atoms with Crippen molar-refractivity contribution in [1.29, 1.82) is 0 Å². The summed E-state index contributed by atoms with van der Waals surface area (Å²) in [5.41, 5.74) is 7.05. The van der Waals surface area contributed by atoms with Crippen LogP contribution in [0.2, 0.25) is 0 Å². The topological polar surface area (TPSA) is 64.3 Å². The third kappa shape index (κ3) is 2.87. The second kappa shape index (κ2) is 5.56. The quantitative estimate of drug-likeness (QED) is 0.912. The third-order valence-corrected chi connectivity index (χ3v) is 4.27. The van der Waals surface area contributed by atoms with E-state index in [4.69, 9.17) is 15.5 Å². The van der Waals surface area contributed by atoms with Gasteiger partial charge >= 0.3 is 0 Å². The van der Waals surface area contributed by atoms with Crippen LogP contribution in [0.25, 0.3) is 0 Å². The fraction of sp³-hybridized carbons (Fsp3) is 0.733. The van der Waals surface area contributed by atoms with Gasteiger partial charge in [0.1, 0.15) is 17.5 Å². The molecule has 2 fully saturated rings. The Morgan fingerprint density at radius 2 is 2.10 bits per heavy atom. The number of hydrogen-bond acceptors (Lipinski definition) is 5. The van der Waals surface area contributed by atoms with Crippen LogP contribution in [0.5, 0.6) is 0 Å². The van der Waals surface area contributed by atoms with Crippen LogP contribution in [-0.2, 0) is 4.74 Å². The van der Waals surface area contributed by atoms with Gasteiger partial charge in [0.25, 0.3) is 0 Å². The number of nitrogens with zero attached hydrogens (tertiary/aromatic N) is 3. The standard InChI is InChI=1S/C15H24N4O/c1-10-13(16)17-14(12-5-6-12)18-15(10)19(2)8-11-4-3-7-20-9-11/h11-12H,3-9H2,1-2H3,(H2,16,17,18). The minimum atomic E-state index is 0.531. The van der Waals surface area contributed by atoms with Gasteiger partial charge in [0.2, 0.25) is 0 Å².